The zero-order valence-corrected chi connectivity index (χ0v) is 10.8. The summed E-state index contributed by atoms with van der Waals surface area (Å²) in [5, 5.41) is 9.20. The molecule has 0 unspecified atom stereocenters. The minimum Gasteiger partial charge on any atom is -0.353 e. The van der Waals surface area contributed by atoms with Crippen LogP contribution < -0.4 is 0 Å². The molecule has 0 N–H and O–H groups in total. The minimum atomic E-state index is -0.0505. The van der Waals surface area contributed by atoms with Crippen molar-refractivity contribution in [3.8, 4) is 0 Å². The maximum absolute atomic E-state index is 5.51. The lowest BCUT2D eigenvalue weighted by Crippen LogP contribution is -2.25. The van der Waals surface area contributed by atoms with Gasteiger partial charge < -0.3 is 9.47 Å². The van der Waals surface area contributed by atoms with Crippen LogP contribution in [0, 0.1) is 0 Å². The summed E-state index contributed by atoms with van der Waals surface area (Å²) in [6.07, 6.45) is 3.81. The maximum atomic E-state index is 5.51. The van der Waals surface area contributed by atoms with Gasteiger partial charge in [-0.1, -0.05) is 17.8 Å². The molecule has 3 rings (SSSR count). The van der Waals surface area contributed by atoms with Gasteiger partial charge in [-0.2, -0.15) is 0 Å². The van der Waals surface area contributed by atoms with Gasteiger partial charge in [0.25, 0.3) is 0 Å². The molecule has 1 fully saturated rings. The summed E-state index contributed by atoms with van der Waals surface area (Å²) in [6.45, 7) is 1.62. The summed E-state index contributed by atoms with van der Waals surface area (Å²) in [6, 6.07) is 5.89. The Kier molecular flexibility index (Phi) is 3.78. The molecule has 96 valence electrons. The van der Waals surface area contributed by atoms with Crippen LogP contribution in [0.4, 0.5) is 0 Å². The maximum Gasteiger partial charge on any atom is 0.195 e. The van der Waals surface area contributed by atoms with E-state index in [0.717, 1.165) is 42.6 Å². The van der Waals surface area contributed by atoms with E-state index in [1.54, 1.807) is 11.8 Å². The molecule has 0 bridgehead atoms. The number of rotatable bonds is 4. The van der Waals surface area contributed by atoms with E-state index in [0.29, 0.717) is 0 Å². The van der Waals surface area contributed by atoms with Crippen LogP contribution in [0.1, 0.15) is 12.8 Å². The quantitative estimate of drug-likeness (QED) is 0.791. The summed E-state index contributed by atoms with van der Waals surface area (Å²) in [5.74, 6) is 0.917. The van der Waals surface area contributed by atoms with Gasteiger partial charge in [-0.3, -0.25) is 4.40 Å². The van der Waals surface area contributed by atoms with Crippen LogP contribution >= 0.6 is 11.8 Å². The van der Waals surface area contributed by atoms with Crippen molar-refractivity contribution in [1.29, 1.82) is 0 Å². The number of thioether (sulfide) groups is 1. The van der Waals surface area contributed by atoms with Crippen molar-refractivity contribution in [3.63, 3.8) is 0 Å². The van der Waals surface area contributed by atoms with Gasteiger partial charge in [0.2, 0.25) is 0 Å². The molecule has 1 aliphatic heterocycles. The normalized spacial score (nSPS) is 17.3. The summed E-state index contributed by atoms with van der Waals surface area (Å²) in [7, 11) is 0. The molecule has 0 saturated carbocycles. The molecule has 0 atom stereocenters. The van der Waals surface area contributed by atoms with Gasteiger partial charge in [-0.15, -0.1) is 10.2 Å². The minimum absolute atomic E-state index is 0.0505. The Labute approximate surface area is 109 Å². The van der Waals surface area contributed by atoms with E-state index in [1.807, 2.05) is 28.8 Å². The van der Waals surface area contributed by atoms with Gasteiger partial charge >= 0.3 is 0 Å². The largest absolute Gasteiger partial charge is 0.353 e. The van der Waals surface area contributed by atoms with E-state index in [4.69, 9.17) is 9.47 Å². The number of hydrogen-bond acceptors (Lipinski definition) is 5. The van der Waals surface area contributed by atoms with Crippen molar-refractivity contribution in [3.05, 3.63) is 24.4 Å². The molecular weight excluding hydrogens is 250 g/mol. The molecule has 1 saturated heterocycles. The number of ether oxygens (including phenoxy) is 2. The first-order chi connectivity index (χ1) is 8.93. The lowest BCUT2D eigenvalue weighted by molar-refractivity contribution is -0.178. The third kappa shape index (κ3) is 2.66. The fraction of sp³-hybridized carbons (Fsp3) is 0.500. The molecule has 0 radical (unpaired) electrons. The van der Waals surface area contributed by atoms with Crippen LogP contribution in [-0.4, -0.2) is 39.9 Å². The summed E-state index contributed by atoms with van der Waals surface area (Å²) in [4.78, 5) is 0. The first kappa shape index (κ1) is 12.0. The predicted molar refractivity (Wildman–Crippen MR) is 68.6 cm³/mol. The first-order valence-electron chi connectivity index (χ1n) is 6.09. The van der Waals surface area contributed by atoms with E-state index in [9.17, 15) is 0 Å². The molecule has 5 nitrogen and oxygen atoms in total. The van der Waals surface area contributed by atoms with Crippen LogP contribution in [-0.2, 0) is 9.47 Å². The van der Waals surface area contributed by atoms with Crippen LogP contribution in [0.5, 0.6) is 0 Å². The molecule has 0 aromatic carbocycles. The highest BCUT2D eigenvalue weighted by atomic mass is 32.2. The molecule has 6 heteroatoms. The Hall–Kier alpha value is -1.11. The van der Waals surface area contributed by atoms with Gasteiger partial charge in [0.15, 0.2) is 17.1 Å². The number of nitrogens with zero attached hydrogens (tertiary/aromatic N) is 3. The molecule has 0 spiro atoms. The second kappa shape index (κ2) is 5.69. The van der Waals surface area contributed by atoms with Crippen molar-refractivity contribution in [2.24, 2.45) is 0 Å². The second-order valence-corrected chi connectivity index (χ2v) is 5.14. The molecule has 1 aliphatic rings. The second-order valence-electron chi connectivity index (χ2n) is 4.07. The van der Waals surface area contributed by atoms with E-state index in [2.05, 4.69) is 10.2 Å². The molecule has 0 amide bonds. The first-order valence-corrected chi connectivity index (χ1v) is 7.08. The Morgan fingerprint density at radius 2 is 2.17 bits per heavy atom. The standard InChI is InChI=1S/C12H15N3O2S/c1-2-6-15-10(4-1)13-14-12(15)18-9-5-11-16-7-3-8-17-11/h1-2,4,6,11H,3,5,7-9H2. The third-order valence-corrected chi connectivity index (χ3v) is 3.74. The Morgan fingerprint density at radius 3 is 3.06 bits per heavy atom. The molecule has 2 aromatic rings. The average Bonchev–Trinajstić information content (AvgIpc) is 2.84. The van der Waals surface area contributed by atoms with Crippen molar-refractivity contribution in [2.45, 2.75) is 24.3 Å². The van der Waals surface area contributed by atoms with Gasteiger partial charge in [0.1, 0.15) is 0 Å². The zero-order chi connectivity index (χ0) is 12.2. The van der Waals surface area contributed by atoms with Gasteiger partial charge in [-0.05, 0) is 18.6 Å². The Morgan fingerprint density at radius 1 is 1.28 bits per heavy atom. The summed E-state index contributed by atoms with van der Waals surface area (Å²) in [5.41, 5.74) is 0.880. The smallest absolute Gasteiger partial charge is 0.195 e. The number of pyridine rings is 1. The Bertz CT molecular complexity index is 511. The topological polar surface area (TPSA) is 48.7 Å². The highest BCUT2D eigenvalue weighted by Gasteiger charge is 2.14. The monoisotopic (exact) mass is 265 g/mol. The fourth-order valence-electron chi connectivity index (χ4n) is 1.87. The zero-order valence-electron chi connectivity index (χ0n) is 9.99. The molecule has 2 aromatic heterocycles. The molecule has 0 aliphatic carbocycles. The van der Waals surface area contributed by atoms with Crippen molar-refractivity contribution in [1.82, 2.24) is 14.6 Å². The summed E-state index contributed by atoms with van der Waals surface area (Å²) < 4.78 is 13.0. The summed E-state index contributed by atoms with van der Waals surface area (Å²) >= 11 is 1.68. The molecular formula is C12H15N3O2S. The van der Waals surface area contributed by atoms with Gasteiger partial charge in [0, 0.05) is 18.4 Å². The van der Waals surface area contributed by atoms with E-state index < -0.39 is 0 Å². The molecule has 18 heavy (non-hydrogen) atoms. The predicted octanol–water partition coefficient (Wildman–Crippen LogP) is 1.97. The van der Waals surface area contributed by atoms with Crippen LogP contribution in [0.2, 0.25) is 0 Å². The number of hydrogen-bond donors (Lipinski definition) is 0. The van der Waals surface area contributed by atoms with Crippen molar-refractivity contribution < 1.29 is 9.47 Å². The van der Waals surface area contributed by atoms with Gasteiger partial charge in [-0.25, -0.2) is 0 Å². The number of aromatic nitrogens is 3. The lowest BCUT2D eigenvalue weighted by atomic mass is 10.4. The lowest BCUT2D eigenvalue weighted by Gasteiger charge is -2.22. The molecule has 3 heterocycles. The highest BCUT2D eigenvalue weighted by molar-refractivity contribution is 7.99. The van der Waals surface area contributed by atoms with Crippen LogP contribution in [0.25, 0.3) is 5.65 Å². The van der Waals surface area contributed by atoms with E-state index in [1.165, 1.54) is 0 Å². The number of fused-ring (bicyclic) bond motifs is 1. The Balaban J connectivity index is 1.56. The van der Waals surface area contributed by atoms with E-state index in [-0.39, 0.29) is 6.29 Å². The van der Waals surface area contributed by atoms with Gasteiger partial charge in [0.05, 0.1) is 13.2 Å². The van der Waals surface area contributed by atoms with Crippen molar-refractivity contribution in [2.75, 3.05) is 19.0 Å². The van der Waals surface area contributed by atoms with Crippen LogP contribution in [0.15, 0.2) is 29.6 Å². The SMILES string of the molecule is c1ccn2c(SCCC3OCCCO3)nnc2c1. The van der Waals surface area contributed by atoms with E-state index >= 15 is 0 Å². The van der Waals surface area contributed by atoms with Crippen molar-refractivity contribution >= 4 is 17.4 Å². The fourth-order valence-corrected chi connectivity index (χ4v) is 2.75. The third-order valence-electron chi connectivity index (χ3n) is 2.76. The van der Waals surface area contributed by atoms with Crippen LogP contribution in [0.3, 0.4) is 0 Å². The average molecular weight is 265 g/mol. The highest BCUT2D eigenvalue weighted by Crippen LogP contribution is 2.19.